The molecule has 2 aromatic rings. The highest BCUT2D eigenvalue weighted by molar-refractivity contribution is 5.94. The van der Waals surface area contributed by atoms with Crippen molar-refractivity contribution in [1.82, 2.24) is 0 Å². The molecule has 0 amide bonds. The molecule has 0 aliphatic heterocycles. The molecule has 5 heteroatoms. The largest absolute Gasteiger partial charge is 0.478 e. The maximum Gasteiger partial charge on any atom is 0.335 e. The average molecular weight is 274 g/mol. The van der Waals surface area contributed by atoms with Gasteiger partial charge in [-0.15, -0.1) is 0 Å². The van der Waals surface area contributed by atoms with Gasteiger partial charge in [-0.1, -0.05) is 12.1 Å². The summed E-state index contributed by atoms with van der Waals surface area (Å²) in [4.78, 5) is 22.0. The summed E-state index contributed by atoms with van der Waals surface area (Å²) in [7, 11) is 0. The Balaban J connectivity index is 2.40. The van der Waals surface area contributed by atoms with Gasteiger partial charge in [0.15, 0.2) is 0 Å². The lowest BCUT2D eigenvalue weighted by molar-refractivity contribution is 0.0696. The molecule has 2 N–H and O–H groups in total. The number of benzene rings is 2. The van der Waals surface area contributed by atoms with Crippen LogP contribution in [0.3, 0.4) is 0 Å². The Morgan fingerprint density at radius 3 is 2.00 bits per heavy atom. The molecular formula is C15H11FO4. The van der Waals surface area contributed by atoms with Gasteiger partial charge in [0, 0.05) is 0 Å². The van der Waals surface area contributed by atoms with E-state index in [1.165, 1.54) is 24.3 Å². The van der Waals surface area contributed by atoms with Crippen molar-refractivity contribution in [3.8, 4) is 0 Å². The number of carbonyl (C=O) groups is 2. The highest BCUT2D eigenvalue weighted by Crippen LogP contribution is 2.16. The van der Waals surface area contributed by atoms with Gasteiger partial charge in [0.1, 0.15) is 5.82 Å². The SMILES string of the molecule is O=C(O)c1cc(Cc2cccc(F)c2)cc(C(=O)O)c1. The number of hydrogen-bond acceptors (Lipinski definition) is 2. The summed E-state index contributed by atoms with van der Waals surface area (Å²) in [6.07, 6.45) is 0.263. The van der Waals surface area contributed by atoms with E-state index in [0.717, 1.165) is 6.07 Å². The van der Waals surface area contributed by atoms with E-state index in [0.29, 0.717) is 11.1 Å². The first-order valence-electron chi connectivity index (χ1n) is 5.80. The van der Waals surface area contributed by atoms with Crippen LogP contribution in [-0.2, 0) is 6.42 Å². The fraction of sp³-hybridized carbons (Fsp3) is 0.0667. The number of halogens is 1. The molecule has 0 atom stereocenters. The molecule has 0 radical (unpaired) electrons. The molecule has 0 saturated heterocycles. The Morgan fingerprint density at radius 2 is 1.50 bits per heavy atom. The first-order chi connectivity index (χ1) is 9.45. The van der Waals surface area contributed by atoms with Crippen LogP contribution in [0.25, 0.3) is 0 Å². The lowest BCUT2D eigenvalue weighted by Gasteiger charge is -2.06. The normalized spacial score (nSPS) is 10.2. The fourth-order valence-electron chi connectivity index (χ4n) is 1.92. The first-order valence-corrected chi connectivity index (χ1v) is 5.80. The molecule has 0 aliphatic rings. The van der Waals surface area contributed by atoms with Gasteiger partial charge in [-0.25, -0.2) is 14.0 Å². The van der Waals surface area contributed by atoms with E-state index in [9.17, 15) is 14.0 Å². The van der Waals surface area contributed by atoms with Crippen molar-refractivity contribution in [3.63, 3.8) is 0 Å². The van der Waals surface area contributed by atoms with Crippen molar-refractivity contribution < 1.29 is 24.2 Å². The van der Waals surface area contributed by atoms with E-state index in [-0.39, 0.29) is 17.5 Å². The number of aromatic carboxylic acids is 2. The van der Waals surface area contributed by atoms with Gasteiger partial charge in [0.05, 0.1) is 11.1 Å². The molecule has 0 aromatic heterocycles. The molecule has 0 heterocycles. The summed E-state index contributed by atoms with van der Waals surface area (Å²) in [5, 5.41) is 17.9. The van der Waals surface area contributed by atoms with Crippen molar-refractivity contribution in [1.29, 1.82) is 0 Å². The maximum absolute atomic E-state index is 13.1. The molecule has 2 rings (SSSR count). The van der Waals surface area contributed by atoms with Crippen LogP contribution in [0.2, 0.25) is 0 Å². The van der Waals surface area contributed by atoms with E-state index < -0.39 is 17.8 Å². The summed E-state index contributed by atoms with van der Waals surface area (Å²) in [5.41, 5.74) is 0.949. The number of carboxylic acids is 2. The van der Waals surface area contributed by atoms with Crippen LogP contribution in [0.4, 0.5) is 4.39 Å². The third kappa shape index (κ3) is 3.20. The smallest absolute Gasteiger partial charge is 0.335 e. The minimum absolute atomic E-state index is 0.101. The van der Waals surface area contributed by atoms with Gasteiger partial charge in [0.2, 0.25) is 0 Å². The van der Waals surface area contributed by atoms with Crippen LogP contribution in [0, 0.1) is 5.82 Å². The van der Waals surface area contributed by atoms with Gasteiger partial charge in [-0.2, -0.15) is 0 Å². The molecular weight excluding hydrogens is 263 g/mol. The van der Waals surface area contributed by atoms with Gasteiger partial charge >= 0.3 is 11.9 Å². The second-order valence-electron chi connectivity index (χ2n) is 4.34. The minimum Gasteiger partial charge on any atom is -0.478 e. The predicted molar refractivity (Wildman–Crippen MR) is 69.6 cm³/mol. The molecule has 0 aliphatic carbocycles. The molecule has 0 unspecified atom stereocenters. The maximum atomic E-state index is 13.1. The standard InChI is InChI=1S/C15H11FO4/c16-13-3-1-2-9(7-13)4-10-5-11(14(17)18)8-12(6-10)15(19)20/h1-3,5-8H,4H2,(H,17,18)(H,19,20). The summed E-state index contributed by atoms with van der Waals surface area (Å²) < 4.78 is 13.1. The second-order valence-corrected chi connectivity index (χ2v) is 4.34. The van der Waals surface area contributed by atoms with E-state index in [2.05, 4.69) is 0 Å². The zero-order chi connectivity index (χ0) is 14.7. The van der Waals surface area contributed by atoms with E-state index >= 15 is 0 Å². The summed E-state index contributed by atoms with van der Waals surface area (Å²) >= 11 is 0. The molecule has 20 heavy (non-hydrogen) atoms. The second kappa shape index (κ2) is 5.52. The Kier molecular flexibility index (Phi) is 3.79. The summed E-state index contributed by atoms with van der Waals surface area (Å²) in [6.45, 7) is 0. The number of rotatable bonds is 4. The number of carboxylic acid groups (broad SMARTS) is 2. The Hall–Kier alpha value is -2.69. The average Bonchev–Trinajstić information content (AvgIpc) is 2.38. The molecule has 2 aromatic carbocycles. The highest BCUT2D eigenvalue weighted by atomic mass is 19.1. The predicted octanol–water partition coefficient (Wildman–Crippen LogP) is 2.81. The summed E-state index contributed by atoms with van der Waals surface area (Å²) in [6, 6.07) is 9.74. The van der Waals surface area contributed by atoms with Gasteiger partial charge in [-0.05, 0) is 47.9 Å². The topological polar surface area (TPSA) is 74.6 Å². The van der Waals surface area contributed by atoms with Crippen molar-refractivity contribution in [3.05, 3.63) is 70.5 Å². The highest BCUT2D eigenvalue weighted by Gasteiger charge is 2.11. The van der Waals surface area contributed by atoms with Crippen molar-refractivity contribution in [2.24, 2.45) is 0 Å². The third-order valence-corrected chi connectivity index (χ3v) is 2.78. The quantitative estimate of drug-likeness (QED) is 0.899. The molecule has 0 saturated carbocycles. The monoisotopic (exact) mass is 274 g/mol. The lowest BCUT2D eigenvalue weighted by Crippen LogP contribution is -2.04. The van der Waals surface area contributed by atoms with Crippen LogP contribution >= 0.6 is 0 Å². The van der Waals surface area contributed by atoms with Crippen molar-refractivity contribution in [2.75, 3.05) is 0 Å². The van der Waals surface area contributed by atoms with E-state index in [4.69, 9.17) is 10.2 Å². The number of hydrogen-bond donors (Lipinski definition) is 2. The van der Waals surface area contributed by atoms with Crippen LogP contribution < -0.4 is 0 Å². The van der Waals surface area contributed by atoms with Crippen LogP contribution in [-0.4, -0.2) is 22.2 Å². The van der Waals surface area contributed by atoms with Gasteiger partial charge < -0.3 is 10.2 Å². The van der Waals surface area contributed by atoms with Crippen molar-refractivity contribution in [2.45, 2.75) is 6.42 Å². The summed E-state index contributed by atoms with van der Waals surface area (Å²) in [5.74, 6) is -2.79. The van der Waals surface area contributed by atoms with Crippen LogP contribution in [0.5, 0.6) is 0 Å². The van der Waals surface area contributed by atoms with Crippen LogP contribution in [0.1, 0.15) is 31.8 Å². The van der Waals surface area contributed by atoms with Gasteiger partial charge in [-0.3, -0.25) is 0 Å². The zero-order valence-electron chi connectivity index (χ0n) is 10.3. The van der Waals surface area contributed by atoms with E-state index in [1.807, 2.05) is 0 Å². The molecule has 0 bridgehead atoms. The molecule has 102 valence electrons. The Morgan fingerprint density at radius 1 is 0.900 bits per heavy atom. The molecule has 0 spiro atoms. The Bertz CT molecular complexity index is 647. The van der Waals surface area contributed by atoms with Gasteiger partial charge in [0.25, 0.3) is 0 Å². The molecule has 0 fully saturated rings. The fourth-order valence-corrected chi connectivity index (χ4v) is 1.92. The third-order valence-electron chi connectivity index (χ3n) is 2.78. The van der Waals surface area contributed by atoms with Crippen molar-refractivity contribution >= 4 is 11.9 Å². The zero-order valence-corrected chi connectivity index (χ0v) is 10.3. The Labute approximate surface area is 114 Å². The first kappa shape index (κ1) is 13.7. The minimum atomic E-state index is -1.20. The van der Waals surface area contributed by atoms with E-state index in [1.54, 1.807) is 12.1 Å². The molecule has 4 nitrogen and oxygen atoms in total. The van der Waals surface area contributed by atoms with Crippen LogP contribution in [0.15, 0.2) is 42.5 Å². The lowest BCUT2D eigenvalue weighted by atomic mass is 9.99.